The van der Waals surface area contributed by atoms with Crippen LogP contribution in [0.1, 0.15) is 17.6 Å². The Morgan fingerprint density at radius 3 is 2.60 bits per heavy atom. The van der Waals surface area contributed by atoms with Crippen LogP contribution in [0.3, 0.4) is 0 Å². The van der Waals surface area contributed by atoms with Gasteiger partial charge in [0.15, 0.2) is 0 Å². The molecular weight excluding hydrogens is 208 g/mol. The number of alkyl halides is 2. The van der Waals surface area contributed by atoms with Crippen molar-refractivity contribution in [1.29, 1.82) is 0 Å². The van der Waals surface area contributed by atoms with E-state index in [0.29, 0.717) is 0 Å². The molecule has 0 aromatic carbocycles. The van der Waals surface area contributed by atoms with E-state index in [-0.39, 0.29) is 17.1 Å². The Bertz CT molecular complexity index is 396. The molecule has 0 aliphatic rings. The number of anilines is 2. The molecule has 0 aliphatic carbocycles. The number of hydrogen-bond acceptors (Lipinski definition) is 4. The lowest BCUT2D eigenvalue weighted by molar-refractivity contribution is -0.136. The zero-order valence-corrected chi connectivity index (χ0v) is 7.58. The summed E-state index contributed by atoms with van der Waals surface area (Å²) >= 11 is 0. The molecule has 7 heteroatoms. The van der Waals surface area contributed by atoms with Crippen molar-refractivity contribution in [3.63, 3.8) is 0 Å². The average molecular weight is 217 g/mol. The van der Waals surface area contributed by atoms with Crippen LogP contribution in [0.5, 0.6) is 0 Å². The molecule has 1 heterocycles. The molecule has 0 aliphatic heterocycles. The lowest BCUT2D eigenvalue weighted by Crippen LogP contribution is -2.11. The quantitative estimate of drug-likeness (QED) is 0.695. The third-order valence-corrected chi connectivity index (χ3v) is 1.83. The first-order valence-electron chi connectivity index (χ1n) is 3.96. The van der Waals surface area contributed by atoms with Crippen LogP contribution >= 0.6 is 0 Å². The normalized spacial score (nSPS) is 10.6. The third kappa shape index (κ3) is 2.30. The highest BCUT2D eigenvalue weighted by Crippen LogP contribution is 2.31. The summed E-state index contributed by atoms with van der Waals surface area (Å²) in [6.07, 6.45) is -2.50. The highest BCUT2D eigenvalue weighted by Gasteiger charge is 2.21. The van der Waals surface area contributed by atoms with Crippen molar-refractivity contribution in [1.82, 2.24) is 4.98 Å². The molecule has 0 atom stereocenters. The number of aromatic nitrogens is 1. The molecule has 0 saturated carbocycles. The molecule has 0 amide bonds. The van der Waals surface area contributed by atoms with Gasteiger partial charge in [-0.2, -0.15) is 0 Å². The van der Waals surface area contributed by atoms with Crippen molar-refractivity contribution in [3.8, 4) is 0 Å². The van der Waals surface area contributed by atoms with Crippen LogP contribution < -0.4 is 11.5 Å². The van der Waals surface area contributed by atoms with Gasteiger partial charge in [-0.15, -0.1) is 0 Å². The minimum atomic E-state index is -2.87. The second-order valence-electron chi connectivity index (χ2n) is 2.86. The van der Waals surface area contributed by atoms with E-state index >= 15 is 0 Å². The summed E-state index contributed by atoms with van der Waals surface area (Å²) in [7, 11) is 0. The minimum Gasteiger partial charge on any atom is -0.481 e. The number of halogens is 2. The number of pyridine rings is 1. The predicted molar refractivity (Wildman–Crippen MR) is 49.4 cm³/mol. The molecule has 5 nitrogen and oxygen atoms in total. The Kier molecular flexibility index (Phi) is 3.03. The Labute approximate surface area is 83.7 Å². The van der Waals surface area contributed by atoms with E-state index in [0.717, 1.165) is 6.20 Å². The van der Waals surface area contributed by atoms with Crippen LogP contribution in [0.2, 0.25) is 0 Å². The van der Waals surface area contributed by atoms with E-state index in [1.54, 1.807) is 0 Å². The van der Waals surface area contributed by atoms with Crippen molar-refractivity contribution in [3.05, 3.63) is 17.3 Å². The molecule has 0 radical (unpaired) electrons. The number of rotatable bonds is 3. The number of carbonyl (C=O) groups is 1. The fraction of sp³-hybridized carbons (Fsp3) is 0.250. The lowest BCUT2D eigenvalue weighted by Gasteiger charge is -2.11. The van der Waals surface area contributed by atoms with Gasteiger partial charge in [0.1, 0.15) is 5.82 Å². The second kappa shape index (κ2) is 4.07. The zero-order valence-electron chi connectivity index (χ0n) is 7.58. The summed E-state index contributed by atoms with van der Waals surface area (Å²) < 4.78 is 25.1. The summed E-state index contributed by atoms with van der Waals surface area (Å²) in [5.41, 5.74) is 9.56. The van der Waals surface area contributed by atoms with Crippen LogP contribution in [0.4, 0.5) is 20.3 Å². The average Bonchev–Trinajstić information content (AvgIpc) is 2.10. The maximum atomic E-state index is 12.6. The van der Waals surface area contributed by atoms with Crippen LogP contribution in [-0.4, -0.2) is 16.1 Å². The number of nitrogens with zero attached hydrogens (tertiary/aromatic N) is 1. The summed E-state index contributed by atoms with van der Waals surface area (Å²) in [4.78, 5) is 14.0. The molecular formula is C8H9F2N3O2. The number of nitrogen functional groups attached to an aromatic ring is 2. The monoisotopic (exact) mass is 217 g/mol. The second-order valence-corrected chi connectivity index (χ2v) is 2.86. The van der Waals surface area contributed by atoms with Gasteiger partial charge in [-0.05, 0) is 0 Å². The van der Waals surface area contributed by atoms with Crippen molar-refractivity contribution in [2.45, 2.75) is 12.8 Å². The van der Waals surface area contributed by atoms with Gasteiger partial charge in [-0.3, -0.25) is 4.79 Å². The van der Waals surface area contributed by atoms with Crippen molar-refractivity contribution in [2.24, 2.45) is 0 Å². The molecule has 5 N–H and O–H groups in total. The molecule has 1 rings (SSSR count). The number of carboxylic acid groups (broad SMARTS) is 1. The Morgan fingerprint density at radius 2 is 2.13 bits per heavy atom. The van der Waals surface area contributed by atoms with E-state index in [4.69, 9.17) is 16.6 Å². The van der Waals surface area contributed by atoms with Crippen molar-refractivity contribution in [2.75, 3.05) is 11.5 Å². The predicted octanol–water partition coefficient (Wildman–Crippen LogP) is 0.811. The summed E-state index contributed by atoms with van der Waals surface area (Å²) in [5, 5.41) is 8.52. The first kappa shape index (κ1) is 11.2. The summed E-state index contributed by atoms with van der Waals surface area (Å²) in [6.45, 7) is 0. The van der Waals surface area contributed by atoms with Crippen LogP contribution in [0, 0.1) is 0 Å². The van der Waals surface area contributed by atoms with E-state index in [1.807, 2.05) is 0 Å². The maximum Gasteiger partial charge on any atom is 0.307 e. The summed E-state index contributed by atoms with van der Waals surface area (Å²) in [6, 6.07) is 0. The highest BCUT2D eigenvalue weighted by atomic mass is 19.3. The van der Waals surface area contributed by atoms with Crippen LogP contribution in [0.15, 0.2) is 6.20 Å². The lowest BCUT2D eigenvalue weighted by atomic mass is 10.0. The smallest absolute Gasteiger partial charge is 0.307 e. The maximum absolute atomic E-state index is 12.6. The molecule has 0 unspecified atom stereocenters. The third-order valence-electron chi connectivity index (χ3n) is 1.83. The zero-order chi connectivity index (χ0) is 11.6. The fourth-order valence-electron chi connectivity index (χ4n) is 1.19. The van der Waals surface area contributed by atoms with Crippen LogP contribution in [-0.2, 0) is 11.2 Å². The highest BCUT2D eigenvalue weighted by molar-refractivity contribution is 5.74. The van der Waals surface area contributed by atoms with E-state index in [2.05, 4.69) is 4.98 Å². The van der Waals surface area contributed by atoms with Gasteiger partial charge in [0.05, 0.1) is 18.3 Å². The SMILES string of the molecule is Nc1cnc(N)c(CC(=O)O)c1C(F)F. The number of carboxylic acids is 1. The largest absolute Gasteiger partial charge is 0.481 e. The molecule has 0 spiro atoms. The Morgan fingerprint density at radius 1 is 1.53 bits per heavy atom. The molecule has 1 aromatic heterocycles. The topological polar surface area (TPSA) is 102 Å². The standard InChI is InChI=1S/C8H9F2N3O2/c9-7(10)6-3(1-5(14)15)8(12)13-2-4(6)11/h2,7H,1,11H2,(H2,12,13)(H,14,15). The van der Waals surface area contributed by atoms with Gasteiger partial charge >= 0.3 is 5.97 Å². The first-order valence-corrected chi connectivity index (χ1v) is 3.96. The minimum absolute atomic E-state index is 0.225. The van der Waals surface area contributed by atoms with Gasteiger partial charge in [0.2, 0.25) is 0 Å². The van der Waals surface area contributed by atoms with Gasteiger partial charge in [-0.25, -0.2) is 13.8 Å². The fourth-order valence-corrected chi connectivity index (χ4v) is 1.19. The number of hydrogen-bond donors (Lipinski definition) is 3. The number of aliphatic carboxylic acids is 1. The number of nitrogens with two attached hydrogens (primary N) is 2. The molecule has 82 valence electrons. The van der Waals surface area contributed by atoms with E-state index in [1.165, 1.54) is 0 Å². The van der Waals surface area contributed by atoms with Gasteiger partial charge in [0, 0.05) is 11.1 Å². The molecule has 0 saturated heterocycles. The van der Waals surface area contributed by atoms with Crippen LogP contribution in [0.25, 0.3) is 0 Å². The van der Waals surface area contributed by atoms with Crippen molar-refractivity contribution < 1.29 is 18.7 Å². The van der Waals surface area contributed by atoms with Gasteiger partial charge in [-0.1, -0.05) is 0 Å². The van der Waals surface area contributed by atoms with E-state index < -0.39 is 24.4 Å². The molecule has 0 fully saturated rings. The van der Waals surface area contributed by atoms with Gasteiger partial charge < -0.3 is 16.6 Å². The Balaban J connectivity index is 3.31. The summed E-state index contributed by atoms with van der Waals surface area (Å²) in [5.74, 6) is -1.50. The Hall–Kier alpha value is -1.92. The van der Waals surface area contributed by atoms with Crippen molar-refractivity contribution >= 4 is 17.5 Å². The van der Waals surface area contributed by atoms with E-state index in [9.17, 15) is 13.6 Å². The molecule has 0 bridgehead atoms. The first-order chi connectivity index (χ1) is 6.93. The molecule has 1 aromatic rings. The molecule has 15 heavy (non-hydrogen) atoms. The van der Waals surface area contributed by atoms with Gasteiger partial charge in [0.25, 0.3) is 6.43 Å².